The topological polar surface area (TPSA) is 84.6 Å². The van der Waals surface area contributed by atoms with Gasteiger partial charge in [0.1, 0.15) is 0 Å². The number of carboxylic acids is 1. The third-order valence-corrected chi connectivity index (χ3v) is 2.84. The van der Waals surface area contributed by atoms with Crippen LogP contribution in [0.1, 0.15) is 23.2 Å². The van der Waals surface area contributed by atoms with E-state index >= 15 is 0 Å². The molecule has 1 fully saturated rings. The number of carboxylic acid groups (broad SMARTS) is 1. The van der Waals surface area contributed by atoms with Crippen molar-refractivity contribution >= 4 is 17.3 Å². The second-order valence-corrected chi connectivity index (χ2v) is 4.12. The SMILES string of the molecule is Nc1cc(C(=O)O)ccc1NC[C@@H]1CCCO1. The van der Waals surface area contributed by atoms with Crippen molar-refractivity contribution in [1.29, 1.82) is 0 Å². The van der Waals surface area contributed by atoms with E-state index in [-0.39, 0.29) is 11.7 Å². The van der Waals surface area contributed by atoms with Crippen molar-refractivity contribution in [3.63, 3.8) is 0 Å². The number of anilines is 2. The van der Waals surface area contributed by atoms with Crippen LogP contribution >= 0.6 is 0 Å². The fourth-order valence-electron chi connectivity index (χ4n) is 1.89. The minimum absolute atomic E-state index is 0.199. The van der Waals surface area contributed by atoms with Gasteiger partial charge in [-0.15, -0.1) is 0 Å². The Kier molecular flexibility index (Phi) is 3.49. The quantitative estimate of drug-likeness (QED) is 0.691. The molecule has 0 aromatic heterocycles. The van der Waals surface area contributed by atoms with E-state index in [1.165, 1.54) is 12.1 Å². The lowest BCUT2D eigenvalue weighted by Gasteiger charge is -2.13. The highest BCUT2D eigenvalue weighted by Crippen LogP contribution is 2.21. The van der Waals surface area contributed by atoms with Crippen LogP contribution in [0.5, 0.6) is 0 Å². The lowest BCUT2D eigenvalue weighted by Crippen LogP contribution is -2.19. The van der Waals surface area contributed by atoms with E-state index in [1.807, 2.05) is 0 Å². The third-order valence-electron chi connectivity index (χ3n) is 2.84. The maximum absolute atomic E-state index is 10.7. The number of rotatable bonds is 4. The molecule has 4 N–H and O–H groups in total. The Labute approximate surface area is 99.6 Å². The number of nitrogens with two attached hydrogens (primary N) is 1. The van der Waals surface area contributed by atoms with E-state index < -0.39 is 5.97 Å². The maximum Gasteiger partial charge on any atom is 0.335 e. The van der Waals surface area contributed by atoms with Gasteiger partial charge in [0.2, 0.25) is 0 Å². The summed E-state index contributed by atoms with van der Waals surface area (Å²) in [6.45, 7) is 1.52. The second kappa shape index (κ2) is 5.05. The first-order valence-electron chi connectivity index (χ1n) is 5.65. The lowest BCUT2D eigenvalue weighted by molar-refractivity contribution is 0.0697. The molecule has 17 heavy (non-hydrogen) atoms. The van der Waals surface area contributed by atoms with Gasteiger partial charge in [0.25, 0.3) is 0 Å². The first-order chi connectivity index (χ1) is 8.16. The van der Waals surface area contributed by atoms with Crippen LogP contribution < -0.4 is 11.1 Å². The van der Waals surface area contributed by atoms with Gasteiger partial charge in [-0.25, -0.2) is 4.79 Å². The van der Waals surface area contributed by atoms with Crippen LogP contribution in [-0.4, -0.2) is 30.3 Å². The summed E-state index contributed by atoms with van der Waals surface area (Å²) in [7, 11) is 0. The number of nitrogens with one attached hydrogen (secondary N) is 1. The van der Waals surface area contributed by atoms with Gasteiger partial charge in [-0.2, -0.15) is 0 Å². The van der Waals surface area contributed by atoms with Gasteiger partial charge in [0, 0.05) is 13.2 Å². The molecule has 1 aromatic carbocycles. The molecular formula is C12H16N2O3. The molecule has 0 aliphatic carbocycles. The largest absolute Gasteiger partial charge is 0.478 e. The van der Waals surface area contributed by atoms with E-state index in [9.17, 15) is 4.79 Å². The number of ether oxygens (including phenoxy) is 1. The molecule has 1 saturated heterocycles. The molecule has 1 aliphatic rings. The van der Waals surface area contributed by atoms with E-state index in [1.54, 1.807) is 6.07 Å². The molecule has 0 bridgehead atoms. The van der Waals surface area contributed by atoms with Crippen molar-refractivity contribution in [2.24, 2.45) is 0 Å². The van der Waals surface area contributed by atoms with Crippen LogP contribution in [0.15, 0.2) is 18.2 Å². The average Bonchev–Trinajstić information content (AvgIpc) is 2.80. The summed E-state index contributed by atoms with van der Waals surface area (Å²) >= 11 is 0. The number of hydrogen-bond donors (Lipinski definition) is 3. The zero-order chi connectivity index (χ0) is 12.3. The Morgan fingerprint density at radius 3 is 3.00 bits per heavy atom. The maximum atomic E-state index is 10.7. The molecular weight excluding hydrogens is 220 g/mol. The van der Waals surface area contributed by atoms with Gasteiger partial charge >= 0.3 is 5.97 Å². The van der Waals surface area contributed by atoms with Crippen LogP contribution in [0.4, 0.5) is 11.4 Å². The average molecular weight is 236 g/mol. The van der Waals surface area contributed by atoms with E-state index in [2.05, 4.69) is 5.32 Å². The molecule has 0 radical (unpaired) electrons. The number of benzene rings is 1. The minimum atomic E-state index is -0.970. The summed E-state index contributed by atoms with van der Waals surface area (Å²) in [5.74, 6) is -0.970. The molecule has 1 aromatic rings. The fourth-order valence-corrected chi connectivity index (χ4v) is 1.89. The molecule has 0 spiro atoms. The molecule has 5 heteroatoms. The van der Waals surface area contributed by atoms with Crippen LogP contribution in [0.3, 0.4) is 0 Å². The summed E-state index contributed by atoms with van der Waals surface area (Å²) < 4.78 is 5.48. The van der Waals surface area contributed by atoms with Gasteiger partial charge < -0.3 is 20.9 Å². The molecule has 92 valence electrons. The zero-order valence-electron chi connectivity index (χ0n) is 9.48. The summed E-state index contributed by atoms with van der Waals surface area (Å²) in [6.07, 6.45) is 2.38. The number of carbonyl (C=O) groups is 1. The summed E-state index contributed by atoms with van der Waals surface area (Å²) in [6, 6.07) is 4.68. The minimum Gasteiger partial charge on any atom is -0.478 e. The highest BCUT2D eigenvalue weighted by Gasteiger charge is 2.15. The first-order valence-corrected chi connectivity index (χ1v) is 5.65. The monoisotopic (exact) mass is 236 g/mol. The predicted octanol–water partition coefficient (Wildman–Crippen LogP) is 1.56. The normalized spacial score (nSPS) is 19.2. The van der Waals surface area contributed by atoms with Gasteiger partial charge in [-0.05, 0) is 31.0 Å². The number of nitrogen functional groups attached to an aromatic ring is 1. The summed E-state index contributed by atoms with van der Waals surface area (Å²) in [4.78, 5) is 10.7. The van der Waals surface area contributed by atoms with Crippen molar-refractivity contribution in [3.8, 4) is 0 Å². The van der Waals surface area contributed by atoms with Gasteiger partial charge in [0.05, 0.1) is 23.0 Å². The van der Waals surface area contributed by atoms with E-state index in [4.69, 9.17) is 15.6 Å². The number of hydrogen-bond acceptors (Lipinski definition) is 4. The molecule has 0 unspecified atom stereocenters. The second-order valence-electron chi connectivity index (χ2n) is 4.12. The third kappa shape index (κ3) is 2.88. The summed E-state index contributed by atoms with van der Waals surface area (Å²) in [5.41, 5.74) is 7.18. The van der Waals surface area contributed by atoms with E-state index in [0.29, 0.717) is 12.2 Å². The van der Waals surface area contributed by atoms with Crippen molar-refractivity contribution in [3.05, 3.63) is 23.8 Å². The summed E-state index contributed by atoms with van der Waals surface area (Å²) in [5, 5.41) is 12.0. The van der Waals surface area contributed by atoms with Crippen LogP contribution in [0.2, 0.25) is 0 Å². The Balaban J connectivity index is 1.98. The highest BCUT2D eigenvalue weighted by atomic mass is 16.5. The molecule has 5 nitrogen and oxygen atoms in total. The van der Waals surface area contributed by atoms with Crippen molar-refractivity contribution < 1.29 is 14.6 Å². The first kappa shape index (κ1) is 11.7. The molecule has 0 amide bonds. The Morgan fingerprint density at radius 1 is 1.59 bits per heavy atom. The Hall–Kier alpha value is -1.75. The highest BCUT2D eigenvalue weighted by molar-refractivity contribution is 5.90. The predicted molar refractivity (Wildman–Crippen MR) is 65.3 cm³/mol. The van der Waals surface area contributed by atoms with Gasteiger partial charge in [-0.3, -0.25) is 0 Å². The van der Waals surface area contributed by atoms with Crippen LogP contribution in [0.25, 0.3) is 0 Å². The fraction of sp³-hybridized carbons (Fsp3) is 0.417. The van der Waals surface area contributed by atoms with Crippen molar-refractivity contribution in [2.45, 2.75) is 18.9 Å². The molecule has 0 saturated carbocycles. The van der Waals surface area contributed by atoms with Gasteiger partial charge in [0.15, 0.2) is 0 Å². The van der Waals surface area contributed by atoms with E-state index in [0.717, 1.165) is 25.1 Å². The molecule has 1 atom stereocenters. The Bertz CT molecular complexity index is 414. The van der Waals surface area contributed by atoms with Gasteiger partial charge in [-0.1, -0.05) is 0 Å². The molecule has 1 heterocycles. The lowest BCUT2D eigenvalue weighted by atomic mass is 10.1. The Morgan fingerprint density at radius 2 is 2.41 bits per heavy atom. The molecule has 1 aliphatic heterocycles. The van der Waals surface area contributed by atoms with Crippen molar-refractivity contribution in [2.75, 3.05) is 24.2 Å². The smallest absolute Gasteiger partial charge is 0.335 e. The van der Waals surface area contributed by atoms with Crippen molar-refractivity contribution in [1.82, 2.24) is 0 Å². The van der Waals surface area contributed by atoms with Crippen LogP contribution in [0, 0.1) is 0 Å². The zero-order valence-corrected chi connectivity index (χ0v) is 9.48. The molecule has 2 rings (SSSR count). The van der Waals surface area contributed by atoms with Crippen LogP contribution in [-0.2, 0) is 4.74 Å². The standard InChI is InChI=1S/C12H16N2O3/c13-10-6-8(12(15)16)3-4-11(10)14-7-9-2-1-5-17-9/h3-4,6,9,14H,1-2,5,7,13H2,(H,15,16)/t9-/m0/s1. The number of aromatic carboxylic acids is 1.